The van der Waals surface area contributed by atoms with Crippen LogP contribution in [0.4, 0.5) is 4.79 Å². The Balaban J connectivity index is 2.43. The number of alkyl carbamates (subject to hydrolysis) is 1. The minimum absolute atomic E-state index is 0.0147. The van der Waals surface area contributed by atoms with E-state index >= 15 is 0 Å². The summed E-state index contributed by atoms with van der Waals surface area (Å²) in [6.45, 7) is 6.66. The average Bonchev–Trinajstić information content (AvgIpc) is 2.25. The van der Waals surface area contributed by atoms with Gasteiger partial charge in [-0.05, 0) is 33.6 Å². The lowest BCUT2D eigenvalue weighted by Crippen LogP contribution is -2.50. The van der Waals surface area contributed by atoms with Gasteiger partial charge in [-0.2, -0.15) is 0 Å². The number of likely N-dealkylation sites (tertiary alicyclic amines) is 1. The lowest BCUT2D eigenvalue weighted by Gasteiger charge is -2.33. The van der Waals surface area contributed by atoms with Crippen LogP contribution >= 0.6 is 11.6 Å². The van der Waals surface area contributed by atoms with Crippen LogP contribution in [-0.4, -0.2) is 47.5 Å². The third kappa shape index (κ3) is 5.12. The first-order valence-electron chi connectivity index (χ1n) is 6.15. The van der Waals surface area contributed by atoms with E-state index in [9.17, 15) is 9.59 Å². The molecule has 1 N–H and O–H groups in total. The van der Waals surface area contributed by atoms with Crippen molar-refractivity contribution in [2.45, 2.75) is 45.3 Å². The number of rotatable bonds is 2. The predicted molar refractivity (Wildman–Crippen MR) is 69.7 cm³/mol. The lowest BCUT2D eigenvalue weighted by molar-refractivity contribution is -0.129. The number of amides is 2. The summed E-state index contributed by atoms with van der Waals surface area (Å²) < 4.78 is 5.18. The summed E-state index contributed by atoms with van der Waals surface area (Å²) >= 11 is 5.52. The highest BCUT2D eigenvalue weighted by Crippen LogP contribution is 2.12. The Morgan fingerprint density at radius 1 is 1.44 bits per heavy atom. The molecule has 6 heteroatoms. The Morgan fingerprint density at radius 2 is 2.11 bits per heavy atom. The van der Waals surface area contributed by atoms with Crippen LogP contribution in [0.5, 0.6) is 0 Å². The Labute approximate surface area is 113 Å². The largest absolute Gasteiger partial charge is 0.444 e. The summed E-state index contributed by atoms with van der Waals surface area (Å²) in [5.74, 6) is -0.105. The molecular formula is C12H21ClN2O3. The Hall–Kier alpha value is -0.970. The molecule has 1 aliphatic heterocycles. The van der Waals surface area contributed by atoms with Crippen LogP contribution < -0.4 is 5.32 Å². The van der Waals surface area contributed by atoms with E-state index < -0.39 is 11.7 Å². The fourth-order valence-corrected chi connectivity index (χ4v) is 2.05. The van der Waals surface area contributed by atoms with E-state index in [0.717, 1.165) is 12.8 Å². The van der Waals surface area contributed by atoms with Crippen LogP contribution in [0.2, 0.25) is 0 Å². The van der Waals surface area contributed by atoms with Gasteiger partial charge in [0, 0.05) is 19.1 Å². The first kappa shape index (κ1) is 15.1. The summed E-state index contributed by atoms with van der Waals surface area (Å²) in [5.41, 5.74) is -0.510. The Morgan fingerprint density at radius 3 is 2.67 bits per heavy atom. The van der Waals surface area contributed by atoms with Gasteiger partial charge in [0.2, 0.25) is 5.91 Å². The minimum atomic E-state index is -0.510. The highest BCUT2D eigenvalue weighted by atomic mass is 35.5. The molecule has 1 aliphatic rings. The maximum absolute atomic E-state index is 11.6. The summed E-state index contributed by atoms with van der Waals surface area (Å²) in [5, 5.41) is 2.79. The second-order valence-corrected chi connectivity index (χ2v) is 5.73. The zero-order valence-electron chi connectivity index (χ0n) is 11.2. The van der Waals surface area contributed by atoms with Crippen molar-refractivity contribution >= 4 is 23.6 Å². The number of nitrogens with zero attached hydrogens (tertiary/aromatic N) is 1. The summed E-state index contributed by atoms with van der Waals surface area (Å²) in [6, 6.07) is -0.0548. The Kier molecular flexibility index (Phi) is 5.26. The zero-order chi connectivity index (χ0) is 13.8. The molecule has 1 unspecified atom stereocenters. The standard InChI is InChI=1S/C12H21ClN2O3/c1-12(2,3)18-11(17)14-9-5-4-6-15(8-9)10(16)7-13/h9H,4-8H2,1-3H3,(H,14,17). The van der Waals surface area contributed by atoms with E-state index in [1.807, 2.05) is 20.8 Å². The van der Waals surface area contributed by atoms with Gasteiger partial charge in [0.1, 0.15) is 11.5 Å². The van der Waals surface area contributed by atoms with E-state index in [0.29, 0.717) is 13.1 Å². The van der Waals surface area contributed by atoms with Gasteiger partial charge in [-0.25, -0.2) is 4.79 Å². The first-order valence-corrected chi connectivity index (χ1v) is 6.68. The average molecular weight is 277 g/mol. The smallest absolute Gasteiger partial charge is 0.407 e. The van der Waals surface area contributed by atoms with E-state index in [2.05, 4.69) is 5.32 Å². The molecule has 0 aromatic carbocycles. The maximum atomic E-state index is 11.6. The second kappa shape index (κ2) is 6.27. The highest BCUT2D eigenvalue weighted by molar-refractivity contribution is 6.27. The van der Waals surface area contributed by atoms with E-state index in [-0.39, 0.29) is 17.8 Å². The van der Waals surface area contributed by atoms with Crippen LogP contribution in [0.1, 0.15) is 33.6 Å². The zero-order valence-corrected chi connectivity index (χ0v) is 11.9. The summed E-state index contributed by atoms with van der Waals surface area (Å²) in [6.07, 6.45) is 1.28. The van der Waals surface area contributed by atoms with Crippen molar-refractivity contribution in [1.29, 1.82) is 0 Å². The SMILES string of the molecule is CC(C)(C)OC(=O)NC1CCCN(C(=O)CCl)C1. The van der Waals surface area contributed by atoms with Gasteiger partial charge in [0.25, 0.3) is 0 Å². The topological polar surface area (TPSA) is 58.6 Å². The normalized spacial score (nSPS) is 20.4. The molecule has 5 nitrogen and oxygen atoms in total. The number of nitrogens with one attached hydrogen (secondary N) is 1. The molecule has 0 aromatic rings. The maximum Gasteiger partial charge on any atom is 0.407 e. The number of alkyl halides is 1. The number of hydrogen-bond acceptors (Lipinski definition) is 3. The molecule has 0 saturated carbocycles. The van der Waals surface area contributed by atoms with Gasteiger partial charge in [-0.15, -0.1) is 11.6 Å². The fourth-order valence-electron chi connectivity index (χ4n) is 1.88. The summed E-state index contributed by atoms with van der Waals surface area (Å²) in [7, 11) is 0. The van der Waals surface area contributed by atoms with Gasteiger partial charge >= 0.3 is 6.09 Å². The van der Waals surface area contributed by atoms with E-state index in [1.54, 1.807) is 4.90 Å². The van der Waals surface area contributed by atoms with Crippen molar-refractivity contribution in [3.05, 3.63) is 0 Å². The molecule has 1 saturated heterocycles. The van der Waals surface area contributed by atoms with Crippen LogP contribution in [0.15, 0.2) is 0 Å². The fraction of sp³-hybridized carbons (Fsp3) is 0.833. The molecule has 2 amide bonds. The van der Waals surface area contributed by atoms with Gasteiger partial charge in [-0.1, -0.05) is 0 Å². The Bertz CT molecular complexity index is 315. The monoisotopic (exact) mass is 276 g/mol. The third-order valence-corrected chi connectivity index (χ3v) is 2.84. The predicted octanol–water partition coefficient (Wildman–Crippen LogP) is 1.74. The number of ether oxygens (including phenoxy) is 1. The molecular weight excluding hydrogens is 256 g/mol. The van der Waals surface area contributed by atoms with E-state index in [4.69, 9.17) is 16.3 Å². The van der Waals surface area contributed by atoms with Crippen LogP contribution in [0, 0.1) is 0 Å². The van der Waals surface area contributed by atoms with Gasteiger partial charge in [0.15, 0.2) is 0 Å². The number of carbonyl (C=O) groups excluding carboxylic acids is 2. The van der Waals surface area contributed by atoms with Crippen molar-refractivity contribution in [1.82, 2.24) is 10.2 Å². The number of carbonyl (C=O) groups is 2. The van der Waals surface area contributed by atoms with Crippen molar-refractivity contribution in [2.75, 3.05) is 19.0 Å². The van der Waals surface area contributed by atoms with E-state index in [1.165, 1.54) is 0 Å². The quantitative estimate of drug-likeness (QED) is 0.782. The number of piperidine rings is 1. The lowest BCUT2D eigenvalue weighted by atomic mass is 10.1. The van der Waals surface area contributed by atoms with Crippen molar-refractivity contribution in [2.24, 2.45) is 0 Å². The van der Waals surface area contributed by atoms with Gasteiger partial charge in [0.05, 0.1) is 0 Å². The van der Waals surface area contributed by atoms with Crippen LogP contribution in [0.25, 0.3) is 0 Å². The van der Waals surface area contributed by atoms with Crippen molar-refractivity contribution < 1.29 is 14.3 Å². The molecule has 1 fully saturated rings. The highest BCUT2D eigenvalue weighted by Gasteiger charge is 2.25. The molecule has 18 heavy (non-hydrogen) atoms. The number of halogens is 1. The molecule has 0 aliphatic carbocycles. The summed E-state index contributed by atoms with van der Waals surface area (Å²) in [4.78, 5) is 24.8. The van der Waals surface area contributed by atoms with Crippen molar-refractivity contribution in [3.63, 3.8) is 0 Å². The van der Waals surface area contributed by atoms with Crippen LogP contribution in [0.3, 0.4) is 0 Å². The molecule has 104 valence electrons. The number of hydrogen-bond donors (Lipinski definition) is 1. The second-order valence-electron chi connectivity index (χ2n) is 5.46. The van der Waals surface area contributed by atoms with Crippen molar-refractivity contribution in [3.8, 4) is 0 Å². The van der Waals surface area contributed by atoms with Gasteiger partial charge in [-0.3, -0.25) is 4.79 Å². The van der Waals surface area contributed by atoms with Gasteiger partial charge < -0.3 is 15.0 Å². The molecule has 1 atom stereocenters. The molecule has 1 heterocycles. The van der Waals surface area contributed by atoms with Crippen LogP contribution in [-0.2, 0) is 9.53 Å². The third-order valence-electron chi connectivity index (χ3n) is 2.61. The molecule has 0 spiro atoms. The molecule has 1 rings (SSSR count). The first-order chi connectivity index (χ1) is 8.31. The molecule has 0 aromatic heterocycles. The molecule has 0 bridgehead atoms. The minimum Gasteiger partial charge on any atom is -0.444 e. The molecule has 0 radical (unpaired) electrons.